The van der Waals surface area contributed by atoms with E-state index in [1.165, 1.54) is 11.3 Å². The number of fused-ring (bicyclic) bond motifs is 1. The van der Waals surface area contributed by atoms with Gasteiger partial charge in [-0.25, -0.2) is 0 Å². The van der Waals surface area contributed by atoms with Crippen LogP contribution in [0.5, 0.6) is 0 Å². The fraction of sp³-hybridized carbons (Fsp3) is 0.381. The Balaban J connectivity index is 1.30. The van der Waals surface area contributed by atoms with E-state index in [2.05, 4.69) is 38.3 Å². The van der Waals surface area contributed by atoms with E-state index in [1.54, 1.807) is 0 Å². The molecule has 28 heavy (non-hydrogen) atoms. The van der Waals surface area contributed by atoms with Crippen LogP contribution in [-0.2, 0) is 13.1 Å². The number of nitrogens with zero attached hydrogens (tertiary/aromatic N) is 4. The lowest BCUT2D eigenvalue weighted by atomic mass is 9.95. The molecule has 2 aliphatic rings. The third-order valence-corrected chi connectivity index (χ3v) is 6.65. The summed E-state index contributed by atoms with van der Waals surface area (Å²) in [5.74, 6) is 2.68. The highest BCUT2D eigenvalue weighted by Crippen LogP contribution is 2.32. The lowest BCUT2D eigenvalue weighted by molar-refractivity contribution is 0.0715. The van der Waals surface area contributed by atoms with Crippen molar-refractivity contribution < 1.29 is 4.79 Å². The molecule has 2 aliphatic heterocycles. The second-order valence-corrected chi connectivity index (χ2v) is 8.31. The third kappa shape index (κ3) is 3.14. The fourth-order valence-corrected chi connectivity index (χ4v) is 5.10. The minimum atomic E-state index is 0.153. The Morgan fingerprint density at radius 1 is 1.07 bits per heavy atom. The molecule has 0 atom stereocenters. The van der Waals surface area contributed by atoms with E-state index in [-0.39, 0.29) is 5.91 Å². The molecule has 1 N–H and O–H groups in total. The number of amides is 1. The average molecular weight is 394 g/mol. The van der Waals surface area contributed by atoms with Crippen molar-refractivity contribution in [1.82, 2.24) is 25.0 Å². The maximum atomic E-state index is 13.2. The van der Waals surface area contributed by atoms with E-state index in [0.29, 0.717) is 5.92 Å². The van der Waals surface area contributed by atoms with Crippen molar-refractivity contribution in [2.45, 2.75) is 31.8 Å². The Labute approximate surface area is 168 Å². The molecule has 4 heterocycles. The smallest absolute Gasteiger partial charge is 0.264 e. The van der Waals surface area contributed by atoms with Crippen LogP contribution in [0, 0.1) is 0 Å². The number of nitrogens with one attached hydrogen (secondary N) is 1. The molecule has 1 aromatic carbocycles. The van der Waals surface area contributed by atoms with Gasteiger partial charge in [0.1, 0.15) is 11.6 Å². The average Bonchev–Trinajstić information content (AvgIpc) is 3.41. The van der Waals surface area contributed by atoms with Gasteiger partial charge in [-0.15, -0.1) is 21.5 Å². The number of rotatable bonds is 3. The van der Waals surface area contributed by atoms with Crippen LogP contribution < -0.4 is 5.32 Å². The Bertz CT molecular complexity index is 972. The molecular weight excluding hydrogens is 370 g/mol. The van der Waals surface area contributed by atoms with Gasteiger partial charge in [-0.1, -0.05) is 30.3 Å². The topological polar surface area (TPSA) is 63.1 Å². The van der Waals surface area contributed by atoms with E-state index in [4.69, 9.17) is 0 Å². The van der Waals surface area contributed by atoms with Crippen molar-refractivity contribution >= 4 is 17.2 Å². The number of hydrogen-bond acceptors (Lipinski definition) is 5. The van der Waals surface area contributed by atoms with Crippen LogP contribution in [0.2, 0.25) is 0 Å². The highest BCUT2D eigenvalue weighted by molar-refractivity contribution is 7.12. The summed E-state index contributed by atoms with van der Waals surface area (Å²) in [6.07, 6.45) is 1.90. The van der Waals surface area contributed by atoms with Crippen molar-refractivity contribution in [3.63, 3.8) is 0 Å². The monoisotopic (exact) mass is 393 g/mol. The molecule has 0 bridgehead atoms. The van der Waals surface area contributed by atoms with Crippen LogP contribution in [0.15, 0.2) is 41.8 Å². The van der Waals surface area contributed by atoms with E-state index in [1.807, 2.05) is 28.5 Å². The summed E-state index contributed by atoms with van der Waals surface area (Å²) >= 11 is 1.54. The van der Waals surface area contributed by atoms with Gasteiger partial charge >= 0.3 is 0 Å². The molecule has 0 spiro atoms. The quantitative estimate of drug-likeness (QED) is 0.743. The predicted octanol–water partition coefficient (Wildman–Crippen LogP) is 3.13. The molecule has 0 aliphatic carbocycles. The highest BCUT2D eigenvalue weighted by Gasteiger charge is 2.30. The van der Waals surface area contributed by atoms with Gasteiger partial charge in [0, 0.05) is 37.7 Å². The summed E-state index contributed by atoms with van der Waals surface area (Å²) < 4.78 is 2.27. The number of carbonyl (C=O) groups is 1. The Morgan fingerprint density at radius 2 is 1.89 bits per heavy atom. The second kappa shape index (κ2) is 7.48. The molecule has 6 nitrogen and oxygen atoms in total. The number of aromatic nitrogens is 3. The van der Waals surface area contributed by atoms with Crippen LogP contribution in [0.4, 0.5) is 0 Å². The van der Waals surface area contributed by atoms with E-state index >= 15 is 0 Å². The standard InChI is InChI=1S/C21H23N5OS/c27-21(19-17(8-13-28-19)15-4-2-1-3-5-15)25-10-6-16(7-11-25)20-24-23-18-14-22-9-12-26(18)20/h1-5,8,13,16,22H,6-7,9-12,14H2. The zero-order valence-electron chi connectivity index (χ0n) is 15.7. The van der Waals surface area contributed by atoms with Crippen LogP contribution >= 0.6 is 11.3 Å². The van der Waals surface area contributed by atoms with Gasteiger partial charge in [-0.2, -0.15) is 0 Å². The first-order valence-corrected chi connectivity index (χ1v) is 10.7. The summed E-state index contributed by atoms with van der Waals surface area (Å²) in [7, 11) is 0. The molecule has 0 unspecified atom stereocenters. The van der Waals surface area contributed by atoms with Crippen molar-refractivity contribution in [3.8, 4) is 11.1 Å². The number of piperidine rings is 1. The SMILES string of the molecule is O=C(c1sccc1-c1ccccc1)N1CCC(c2nnc3n2CCNC3)CC1. The van der Waals surface area contributed by atoms with Gasteiger partial charge in [0.05, 0.1) is 11.4 Å². The first-order valence-electron chi connectivity index (χ1n) is 9.86. The molecule has 7 heteroatoms. The second-order valence-electron chi connectivity index (χ2n) is 7.40. The highest BCUT2D eigenvalue weighted by atomic mass is 32.1. The molecule has 0 radical (unpaired) electrons. The van der Waals surface area contributed by atoms with Crippen LogP contribution in [0.3, 0.4) is 0 Å². The molecular formula is C21H23N5OS. The van der Waals surface area contributed by atoms with Crippen molar-refractivity contribution in [1.29, 1.82) is 0 Å². The summed E-state index contributed by atoms with van der Waals surface area (Å²) in [5, 5.41) is 14.2. The van der Waals surface area contributed by atoms with E-state index < -0.39 is 0 Å². The largest absolute Gasteiger partial charge is 0.338 e. The summed E-state index contributed by atoms with van der Waals surface area (Å²) in [5.41, 5.74) is 2.14. The summed E-state index contributed by atoms with van der Waals surface area (Å²) in [4.78, 5) is 16.0. The van der Waals surface area contributed by atoms with Gasteiger partial charge in [0.2, 0.25) is 0 Å². The third-order valence-electron chi connectivity index (χ3n) is 5.74. The minimum Gasteiger partial charge on any atom is -0.338 e. The van der Waals surface area contributed by atoms with Gasteiger partial charge < -0.3 is 14.8 Å². The molecule has 1 fully saturated rings. The van der Waals surface area contributed by atoms with Crippen molar-refractivity contribution in [2.24, 2.45) is 0 Å². The Morgan fingerprint density at radius 3 is 2.71 bits per heavy atom. The lowest BCUT2D eigenvalue weighted by Crippen LogP contribution is -2.38. The van der Waals surface area contributed by atoms with Crippen LogP contribution in [-0.4, -0.2) is 45.2 Å². The fourth-order valence-electron chi connectivity index (χ4n) is 4.22. The van der Waals surface area contributed by atoms with Crippen molar-refractivity contribution in [3.05, 3.63) is 58.3 Å². The van der Waals surface area contributed by atoms with Gasteiger partial charge in [-0.3, -0.25) is 4.79 Å². The predicted molar refractivity (Wildman–Crippen MR) is 109 cm³/mol. The van der Waals surface area contributed by atoms with Crippen molar-refractivity contribution in [2.75, 3.05) is 19.6 Å². The molecule has 1 saturated heterocycles. The maximum absolute atomic E-state index is 13.2. The molecule has 144 valence electrons. The van der Waals surface area contributed by atoms with Crippen LogP contribution in [0.25, 0.3) is 11.1 Å². The van der Waals surface area contributed by atoms with Gasteiger partial charge in [0.15, 0.2) is 0 Å². The first-order chi connectivity index (χ1) is 13.8. The number of likely N-dealkylation sites (tertiary alicyclic amines) is 1. The number of hydrogen-bond donors (Lipinski definition) is 1. The van der Waals surface area contributed by atoms with Gasteiger partial charge in [0.25, 0.3) is 5.91 Å². The zero-order chi connectivity index (χ0) is 18.9. The Kier molecular flexibility index (Phi) is 4.70. The first kappa shape index (κ1) is 17.6. The summed E-state index contributed by atoms with van der Waals surface area (Å²) in [6.45, 7) is 4.25. The molecule has 5 rings (SSSR count). The molecule has 3 aromatic rings. The Hall–Kier alpha value is -2.51. The summed E-state index contributed by atoms with van der Waals surface area (Å²) in [6, 6.07) is 12.2. The normalized spacial score (nSPS) is 17.5. The minimum absolute atomic E-state index is 0.153. The molecule has 2 aromatic heterocycles. The maximum Gasteiger partial charge on any atom is 0.264 e. The molecule has 0 saturated carbocycles. The number of thiophene rings is 1. The molecule has 1 amide bonds. The number of benzene rings is 1. The lowest BCUT2D eigenvalue weighted by Gasteiger charge is -2.32. The zero-order valence-corrected chi connectivity index (χ0v) is 16.5. The van der Waals surface area contributed by atoms with E-state index in [9.17, 15) is 4.79 Å². The van der Waals surface area contributed by atoms with Crippen LogP contribution in [0.1, 0.15) is 40.1 Å². The van der Waals surface area contributed by atoms with E-state index in [0.717, 1.165) is 73.2 Å². The van der Waals surface area contributed by atoms with Gasteiger partial charge in [-0.05, 0) is 29.9 Å². The number of carbonyl (C=O) groups excluding carboxylic acids is 1.